The van der Waals surface area contributed by atoms with Gasteiger partial charge in [-0.25, -0.2) is 0 Å². The zero-order chi connectivity index (χ0) is 14.7. The molecule has 1 aromatic carbocycles. The lowest BCUT2D eigenvalue weighted by molar-refractivity contribution is 0.101. The second-order valence-electron chi connectivity index (χ2n) is 3.38. The molecule has 19 heavy (non-hydrogen) atoms. The molecule has 102 valence electrons. The number of ketones is 1. The molecule has 0 saturated heterocycles. The van der Waals surface area contributed by atoms with Crippen LogP contribution in [0, 0.1) is 0 Å². The van der Waals surface area contributed by atoms with Crippen molar-refractivity contribution in [3.63, 3.8) is 0 Å². The highest BCUT2D eigenvalue weighted by Crippen LogP contribution is 2.18. The normalized spacial score (nSPS) is 8.47. The van der Waals surface area contributed by atoms with Crippen molar-refractivity contribution in [2.24, 2.45) is 0 Å². The van der Waals surface area contributed by atoms with E-state index in [1.165, 1.54) is 0 Å². The Balaban J connectivity index is 0.000000741. The van der Waals surface area contributed by atoms with Gasteiger partial charge in [0, 0.05) is 23.5 Å². The lowest BCUT2D eigenvalue weighted by Crippen LogP contribution is -1.93. The van der Waals surface area contributed by atoms with E-state index in [0.717, 1.165) is 11.1 Å². The molecule has 0 spiro atoms. The van der Waals surface area contributed by atoms with Crippen LogP contribution in [-0.4, -0.2) is 10.8 Å². The van der Waals surface area contributed by atoms with Gasteiger partial charge in [-0.2, -0.15) is 0 Å². The fourth-order valence-corrected chi connectivity index (χ4v) is 1.42. The van der Waals surface area contributed by atoms with Crippen LogP contribution in [0.4, 0.5) is 0 Å². The van der Waals surface area contributed by atoms with E-state index >= 15 is 0 Å². The van der Waals surface area contributed by atoms with Crippen molar-refractivity contribution in [1.82, 2.24) is 4.98 Å². The molecule has 0 atom stereocenters. The number of hydrogen-bond donors (Lipinski definition) is 0. The molecule has 2 heteroatoms. The first kappa shape index (κ1) is 17.0. The van der Waals surface area contributed by atoms with Crippen molar-refractivity contribution in [3.8, 4) is 11.1 Å². The molecular weight excluding hydrogens is 234 g/mol. The Morgan fingerprint density at radius 2 is 1.47 bits per heavy atom. The van der Waals surface area contributed by atoms with E-state index in [1.807, 2.05) is 64.1 Å². The first-order chi connectivity index (χ1) is 9.27. The lowest BCUT2D eigenvalue weighted by Gasteiger charge is -2.01. The Morgan fingerprint density at radius 1 is 0.895 bits per heavy atom. The molecule has 0 amide bonds. The fourth-order valence-electron chi connectivity index (χ4n) is 1.42. The van der Waals surface area contributed by atoms with Gasteiger partial charge in [0.1, 0.15) is 0 Å². The van der Waals surface area contributed by atoms with E-state index in [4.69, 9.17) is 0 Å². The topological polar surface area (TPSA) is 30.0 Å². The van der Waals surface area contributed by atoms with Gasteiger partial charge in [-0.1, -0.05) is 58.0 Å². The minimum atomic E-state index is 0.0419. The summed E-state index contributed by atoms with van der Waals surface area (Å²) in [5.41, 5.74) is 2.70. The summed E-state index contributed by atoms with van der Waals surface area (Å²) in [6, 6.07) is 11.8. The summed E-state index contributed by atoms with van der Waals surface area (Å²) >= 11 is 0. The van der Waals surface area contributed by atoms with Crippen LogP contribution in [0.1, 0.15) is 45.0 Å². The van der Waals surface area contributed by atoms with Crippen molar-refractivity contribution in [2.75, 3.05) is 0 Å². The molecule has 0 fully saturated rings. The number of Topliss-reactive ketones (excluding diaryl/α,β-unsaturated/α-hetero) is 1. The van der Waals surface area contributed by atoms with Crippen molar-refractivity contribution >= 4 is 5.78 Å². The minimum absolute atomic E-state index is 0.0419. The summed E-state index contributed by atoms with van der Waals surface area (Å²) < 4.78 is 0. The summed E-state index contributed by atoms with van der Waals surface area (Å²) in [5.74, 6) is 0.0419. The van der Waals surface area contributed by atoms with Gasteiger partial charge >= 0.3 is 0 Å². The second kappa shape index (κ2) is 10.0. The van der Waals surface area contributed by atoms with Crippen molar-refractivity contribution < 1.29 is 4.79 Å². The molecule has 0 bridgehead atoms. The van der Waals surface area contributed by atoms with E-state index in [9.17, 15) is 4.79 Å². The number of nitrogens with zero attached hydrogens (tertiary/aromatic N) is 1. The maximum Gasteiger partial charge on any atom is 0.161 e. The van der Waals surface area contributed by atoms with Gasteiger partial charge in [-0.05, 0) is 18.6 Å². The van der Waals surface area contributed by atoms with Crippen LogP contribution in [0.25, 0.3) is 11.1 Å². The molecule has 1 aromatic heterocycles. The first-order valence-corrected chi connectivity index (χ1v) is 6.79. The van der Waals surface area contributed by atoms with Gasteiger partial charge in [0.2, 0.25) is 0 Å². The third kappa shape index (κ3) is 5.47. The fraction of sp³-hybridized carbons (Fsp3) is 0.294. The van der Waals surface area contributed by atoms with Gasteiger partial charge in [0.05, 0.1) is 0 Å². The van der Waals surface area contributed by atoms with Gasteiger partial charge in [-0.3, -0.25) is 9.78 Å². The average Bonchev–Trinajstić information content (AvgIpc) is 2.52. The monoisotopic (exact) mass is 257 g/mol. The standard InChI is InChI=1S/C13H11NO.2C2H6/c1-10(15)12-7-13(9-14-8-12)11-5-3-2-4-6-11;2*1-2/h2-9H,1H3;2*1-2H3. The molecule has 0 aliphatic carbocycles. The molecule has 2 rings (SSSR count). The quantitative estimate of drug-likeness (QED) is 0.708. The third-order valence-corrected chi connectivity index (χ3v) is 2.25. The predicted molar refractivity (Wildman–Crippen MR) is 82.4 cm³/mol. The van der Waals surface area contributed by atoms with Crippen molar-refractivity contribution in [1.29, 1.82) is 0 Å². The summed E-state index contributed by atoms with van der Waals surface area (Å²) in [7, 11) is 0. The van der Waals surface area contributed by atoms with Gasteiger partial charge < -0.3 is 0 Å². The Morgan fingerprint density at radius 3 is 2.00 bits per heavy atom. The van der Waals surface area contributed by atoms with Crippen LogP contribution in [-0.2, 0) is 0 Å². The first-order valence-electron chi connectivity index (χ1n) is 6.79. The van der Waals surface area contributed by atoms with Crippen LogP contribution in [0.15, 0.2) is 48.8 Å². The largest absolute Gasteiger partial charge is 0.294 e. The highest BCUT2D eigenvalue weighted by Gasteiger charge is 2.02. The van der Waals surface area contributed by atoms with Crippen LogP contribution in [0.2, 0.25) is 0 Å². The maximum absolute atomic E-state index is 11.2. The van der Waals surface area contributed by atoms with E-state index < -0.39 is 0 Å². The Hall–Kier alpha value is -1.96. The Bertz CT molecular complexity index is 478. The number of pyridine rings is 1. The molecule has 2 nitrogen and oxygen atoms in total. The number of rotatable bonds is 2. The zero-order valence-electron chi connectivity index (χ0n) is 12.5. The molecule has 0 aliphatic heterocycles. The van der Waals surface area contributed by atoms with Crippen molar-refractivity contribution in [3.05, 3.63) is 54.4 Å². The molecule has 0 N–H and O–H groups in total. The number of hydrogen-bond acceptors (Lipinski definition) is 2. The molecular formula is C17H23NO. The number of carbonyl (C=O) groups excluding carboxylic acids is 1. The molecule has 2 aromatic rings. The van der Waals surface area contributed by atoms with Crippen LogP contribution < -0.4 is 0 Å². The van der Waals surface area contributed by atoms with E-state index in [2.05, 4.69) is 4.98 Å². The molecule has 0 aliphatic rings. The van der Waals surface area contributed by atoms with E-state index in [1.54, 1.807) is 19.3 Å². The van der Waals surface area contributed by atoms with Crippen LogP contribution in [0.5, 0.6) is 0 Å². The second-order valence-corrected chi connectivity index (χ2v) is 3.38. The molecule has 1 heterocycles. The summed E-state index contributed by atoms with van der Waals surface area (Å²) in [4.78, 5) is 15.3. The van der Waals surface area contributed by atoms with Gasteiger partial charge in [0.25, 0.3) is 0 Å². The number of benzene rings is 1. The summed E-state index contributed by atoms with van der Waals surface area (Å²) in [6.07, 6.45) is 3.36. The molecule has 0 unspecified atom stereocenters. The smallest absolute Gasteiger partial charge is 0.161 e. The highest BCUT2D eigenvalue weighted by molar-refractivity contribution is 5.94. The lowest BCUT2D eigenvalue weighted by atomic mass is 10.1. The molecule has 0 saturated carbocycles. The SMILES string of the molecule is CC.CC.CC(=O)c1cncc(-c2ccccc2)c1. The average molecular weight is 257 g/mol. The Kier molecular flexibility index (Phi) is 8.98. The number of aromatic nitrogens is 1. The van der Waals surface area contributed by atoms with E-state index in [-0.39, 0.29) is 5.78 Å². The Labute approximate surface area is 116 Å². The maximum atomic E-state index is 11.2. The summed E-state index contributed by atoms with van der Waals surface area (Å²) in [5, 5.41) is 0. The number of carbonyl (C=O) groups is 1. The van der Waals surface area contributed by atoms with E-state index in [0.29, 0.717) is 5.56 Å². The minimum Gasteiger partial charge on any atom is -0.294 e. The van der Waals surface area contributed by atoms with Crippen molar-refractivity contribution in [2.45, 2.75) is 34.6 Å². The predicted octanol–water partition coefficient (Wildman–Crippen LogP) is 5.00. The van der Waals surface area contributed by atoms with Crippen LogP contribution >= 0.6 is 0 Å². The summed E-state index contributed by atoms with van der Waals surface area (Å²) in [6.45, 7) is 9.55. The zero-order valence-corrected chi connectivity index (χ0v) is 12.5. The van der Waals surface area contributed by atoms with Gasteiger partial charge in [-0.15, -0.1) is 0 Å². The van der Waals surface area contributed by atoms with Crippen LogP contribution in [0.3, 0.4) is 0 Å². The highest BCUT2D eigenvalue weighted by atomic mass is 16.1. The third-order valence-electron chi connectivity index (χ3n) is 2.25. The van der Waals surface area contributed by atoms with Gasteiger partial charge in [0.15, 0.2) is 5.78 Å². The molecule has 0 radical (unpaired) electrons.